The van der Waals surface area contributed by atoms with Gasteiger partial charge in [-0.25, -0.2) is 0 Å². The Morgan fingerprint density at radius 1 is 0.500 bits per heavy atom. The van der Waals surface area contributed by atoms with Crippen molar-refractivity contribution in [2.75, 3.05) is 0 Å². The summed E-state index contributed by atoms with van der Waals surface area (Å²) in [7, 11) is 0. The molecule has 12 heterocycles. The van der Waals surface area contributed by atoms with E-state index in [0.717, 1.165) is 42.0 Å². The summed E-state index contributed by atoms with van der Waals surface area (Å²) in [5.74, 6) is -0.0834. The van der Waals surface area contributed by atoms with E-state index < -0.39 is 6.23 Å². The molecule has 1 atom stereocenters. The van der Waals surface area contributed by atoms with E-state index in [1.165, 1.54) is 48.8 Å². The summed E-state index contributed by atoms with van der Waals surface area (Å²) in [4.78, 5) is 34.9. The molecule has 4 nitrogen and oxygen atoms in total. The number of carbonyl (C=O) groups excluding carboxylic acids is 1. The van der Waals surface area contributed by atoms with Crippen LogP contribution >= 0.6 is 90.7 Å². The lowest BCUT2D eigenvalue weighted by atomic mass is 10.0. The first kappa shape index (κ1) is 32.1. The van der Waals surface area contributed by atoms with Gasteiger partial charge in [-0.05, 0) is 107 Å². The second kappa shape index (κ2) is 12.1. The zero-order valence-corrected chi connectivity index (χ0v) is 34.2. The molecule has 12 heteroatoms. The molecule has 0 saturated heterocycles. The van der Waals surface area contributed by atoms with Crippen LogP contribution < -0.4 is 0 Å². The van der Waals surface area contributed by atoms with Crippen LogP contribution in [-0.4, -0.2) is 27.0 Å². The predicted octanol–water partition coefficient (Wildman–Crippen LogP) is 13.7. The van der Waals surface area contributed by atoms with Crippen molar-refractivity contribution in [1.29, 1.82) is 0 Å². The van der Waals surface area contributed by atoms with E-state index in [1.54, 1.807) is 72.9 Å². The quantitative estimate of drug-likeness (QED) is 0.181. The van der Waals surface area contributed by atoms with E-state index in [9.17, 15) is 9.90 Å². The molecule has 0 aliphatic carbocycles. The molecule has 1 unspecified atom stereocenters. The number of aliphatic hydroxyl groups excluding tert-OH is 1. The highest BCUT2D eigenvalue weighted by molar-refractivity contribution is 7.29. The fourth-order valence-corrected chi connectivity index (χ4v) is 15.9. The first-order valence-corrected chi connectivity index (χ1v) is 23.6. The maximum atomic E-state index is 14.3. The van der Waals surface area contributed by atoms with Crippen molar-refractivity contribution >= 4 is 120 Å². The summed E-state index contributed by atoms with van der Waals surface area (Å²) < 4.78 is 0. The van der Waals surface area contributed by atoms with Gasteiger partial charge in [-0.3, -0.25) is 9.69 Å². The number of rotatable bonds is 6. The highest BCUT2D eigenvalue weighted by Crippen LogP contribution is 2.56. The molecule has 0 bridgehead atoms. The molecule has 1 amide bonds. The summed E-state index contributed by atoms with van der Waals surface area (Å²) in [5.41, 5.74) is 5.07. The second-order valence-corrected chi connectivity index (χ2v) is 21.3. The van der Waals surface area contributed by atoms with Crippen molar-refractivity contribution < 1.29 is 9.90 Å². The number of hydrogen-bond acceptors (Lipinski definition) is 11. The van der Waals surface area contributed by atoms with Gasteiger partial charge in [-0.1, -0.05) is 12.1 Å². The molecule has 0 radical (unpaired) electrons. The molecule has 0 saturated carbocycles. The van der Waals surface area contributed by atoms with Crippen molar-refractivity contribution in [3.63, 3.8) is 0 Å². The van der Waals surface area contributed by atoms with Crippen LogP contribution in [0, 0.1) is 0 Å². The first-order valence-electron chi connectivity index (χ1n) is 17.0. The van der Waals surface area contributed by atoms with Gasteiger partial charge in [0.15, 0.2) is 6.23 Å². The van der Waals surface area contributed by atoms with E-state index in [-0.39, 0.29) is 5.91 Å². The summed E-state index contributed by atoms with van der Waals surface area (Å²) in [6, 6.07) is 30.7. The molecule has 260 valence electrons. The highest BCUT2D eigenvalue weighted by Gasteiger charge is 2.50. The monoisotopic (exact) mass is 842 g/mol. The van der Waals surface area contributed by atoms with Crippen molar-refractivity contribution in [3.8, 4) is 58.5 Å². The predicted molar refractivity (Wildman–Crippen MR) is 235 cm³/mol. The van der Waals surface area contributed by atoms with Gasteiger partial charge in [0.2, 0.25) is 0 Å². The largest absolute Gasteiger partial charge is 0.369 e. The van der Waals surface area contributed by atoms with Crippen LogP contribution in [0.4, 0.5) is 0 Å². The average Bonchev–Trinajstić information content (AvgIpc) is 4.04. The van der Waals surface area contributed by atoms with Gasteiger partial charge in [0.1, 0.15) is 0 Å². The Kier molecular flexibility index (Phi) is 7.21. The topological polar surface area (TPSA) is 43.8 Å². The van der Waals surface area contributed by atoms with Gasteiger partial charge in [0.05, 0.1) is 26.7 Å². The molecule has 0 aromatic carbocycles. The molecule has 0 spiro atoms. The Hall–Kier alpha value is -4.21. The Labute approximate surface area is 341 Å². The van der Waals surface area contributed by atoms with Gasteiger partial charge >= 0.3 is 0 Å². The number of aliphatic hydroxyl groups is 1. The molecule has 0 fully saturated rings. The van der Waals surface area contributed by atoms with Crippen LogP contribution in [0.15, 0.2) is 119 Å². The molecular formula is C42H22N2O2S8. The Balaban J connectivity index is 0.890. The average molecular weight is 843 g/mol. The molecule has 8 aromatic heterocycles. The van der Waals surface area contributed by atoms with Gasteiger partial charge in [0.25, 0.3) is 5.91 Å². The van der Waals surface area contributed by atoms with E-state index in [1.807, 2.05) is 46.0 Å². The standard InChI is InChI=1S/C42H22N2O2S8/c45-41-35-36(38-40-22(14-16-44(38)41)20-34(54-40)32-12-10-30(52-32)28-8-6-26(50-28)24-4-2-18-48-24)42(46)43-15-13-21-19-33(53-39(21)37(35)43)31-11-9-29(51-31)27-7-5-25(49-27)23-3-1-17-47-23/h1-20,41,45H. The lowest BCUT2D eigenvalue weighted by Crippen LogP contribution is -2.28. The van der Waals surface area contributed by atoms with Crippen molar-refractivity contribution in [2.24, 2.45) is 0 Å². The van der Waals surface area contributed by atoms with E-state index in [0.29, 0.717) is 11.1 Å². The second-order valence-electron chi connectivity index (χ2n) is 13.0. The SMILES string of the molecule is O=C1C2=C3c4sc(-c5ccc(-c6ccc(-c7cccs7)s6)s5)cc4C=CN3C(O)C2=C2c3sc(-c4ccc(-c5ccc(-c6cccs6)s5)s4)cc3C=CN12. The number of carbonyl (C=O) groups is 1. The van der Waals surface area contributed by atoms with E-state index in [4.69, 9.17) is 0 Å². The van der Waals surface area contributed by atoms with Gasteiger partial charge in [-0.15, -0.1) is 90.7 Å². The molecular weight excluding hydrogens is 821 g/mol. The number of amides is 1. The maximum absolute atomic E-state index is 14.3. The third-order valence-corrected chi connectivity index (χ3v) is 19.5. The van der Waals surface area contributed by atoms with Crippen LogP contribution in [0.3, 0.4) is 0 Å². The minimum atomic E-state index is -0.951. The molecule has 4 aliphatic heterocycles. The minimum absolute atomic E-state index is 0.0834. The van der Waals surface area contributed by atoms with Crippen LogP contribution in [0.1, 0.15) is 20.9 Å². The lowest BCUT2D eigenvalue weighted by molar-refractivity contribution is -0.121. The van der Waals surface area contributed by atoms with Crippen LogP contribution in [0.25, 0.3) is 82.1 Å². The molecule has 4 aliphatic rings. The molecule has 54 heavy (non-hydrogen) atoms. The number of nitrogens with zero attached hydrogens (tertiary/aromatic N) is 2. The summed E-state index contributed by atoms with van der Waals surface area (Å²) in [6.45, 7) is 0. The van der Waals surface area contributed by atoms with Crippen LogP contribution in [0.2, 0.25) is 0 Å². The third kappa shape index (κ3) is 4.79. The Morgan fingerprint density at radius 2 is 0.944 bits per heavy atom. The van der Waals surface area contributed by atoms with E-state index in [2.05, 4.69) is 102 Å². The summed E-state index contributed by atoms with van der Waals surface area (Å²) >= 11 is 14.2. The molecule has 12 rings (SSSR count). The number of thiophene rings is 8. The van der Waals surface area contributed by atoms with Crippen LogP contribution in [0.5, 0.6) is 0 Å². The van der Waals surface area contributed by atoms with Crippen molar-refractivity contribution in [2.45, 2.75) is 6.23 Å². The first-order chi connectivity index (χ1) is 26.6. The number of fused-ring (bicyclic) bond motifs is 7. The van der Waals surface area contributed by atoms with Crippen molar-refractivity contribution in [3.05, 3.63) is 140 Å². The Morgan fingerprint density at radius 3 is 1.43 bits per heavy atom. The Bertz CT molecular complexity index is 2950. The normalized spacial score (nSPS) is 16.8. The van der Waals surface area contributed by atoms with Gasteiger partial charge < -0.3 is 10.0 Å². The maximum Gasteiger partial charge on any atom is 0.265 e. The highest BCUT2D eigenvalue weighted by atomic mass is 32.1. The zero-order valence-electron chi connectivity index (χ0n) is 27.6. The lowest BCUT2D eigenvalue weighted by Gasteiger charge is -2.28. The smallest absolute Gasteiger partial charge is 0.265 e. The molecule has 8 aromatic rings. The summed E-state index contributed by atoms with van der Waals surface area (Å²) in [6.07, 6.45) is 6.97. The van der Waals surface area contributed by atoms with Crippen molar-refractivity contribution in [1.82, 2.24) is 9.80 Å². The molecule has 1 N–H and O–H groups in total. The fraction of sp³-hybridized carbons (Fsp3) is 0.0238. The third-order valence-electron chi connectivity index (χ3n) is 9.91. The summed E-state index contributed by atoms with van der Waals surface area (Å²) in [5, 5.41) is 16.2. The zero-order chi connectivity index (χ0) is 35.7. The van der Waals surface area contributed by atoms with Gasteiger partial charge in [-0.2, -0.15) is 0 Å². The number of hydrogen-bond donors (Lipinski definition) is 1. The fourth-order valence-electron chi connectivity index (χ4n) is 7.45. The minimum Gasteiger partial charge on any atom is -0.369 e. The van der Waals surface area contributed by atoms with Crippen LogP contribution in [-0.2, 0) is 4.79 Å². The van der Waals surface area contributed by atoms with Gasteiger partial charge in [0, 0.05) is 76.5 Å². The van der Waals surface area contributed by atoms with E-state index >= 15 is 0 Å².